The van der Waals surface area contributed by atoms with Crippen LogP contribution in [0.1, 0.15) is 29.0 Å². The number of imidazole rings is 1. The summed E-state index contributed by atoms with van der Waals surface area (Å²) in [6, 6.07) is 5.33. The number of hydrogen-bond acceptors (Lipinski definition) is 7. The van der Waals surface area contributed by atoms with Crippen molar-refractivity contribution >= 4 is 17.2 Å². The summed E-state index contributed by atoms with van der Waals surface area (Å²) >= 11 is 0. The fourth-order valence-corrected chi connectivity index (χ4v) is 4.56. The molecule has 9 nitrogen and oxygen atoms in total. The van der Waals surface area contributed by atoms with Gasteiger partial charge in [-0.25, -0.2) is 4.98 Å². The molecule has 0 radical (unpaired) electrons. The number of piperazine rings is 1. The van der Waals surface area contributed by atoms with E-state index in [2.05, 4.69) is 26.7 Å². The predicted octanol–water partition coefficient (Wildman–Crippen LogP) is 1.78. The monoisotopic (exact) mass is 412 g/mol. The molecule has 1 atom stereocenters. The van der Waals surface area contributed by atoms with Gasteiger partial charge in [0.1, 0.15) is 5.69 Å². The summed E-state index contributed by atoms with van der Waals surface area (Å²) in [5.41, 5.74) is 0.835. The van der Waals surface area contributed by atoms with Crippen molar-refractivity contribution in [3.63, 3.8) is 0 Å². The van der Waals surface area contributed by atoms with E-state index >= 15 is 0 Å². The van der Waals surface area contributed by atoms with Crippen molar-refractivity contribution < 1.29 is 9.72 Å². The van der Waals surface area contributed by atoms with Gasteiger partial charge >= 0.3 is 0 Å². The van der Waals surface area contributed by atoms with E-state index in [1.165, 1.54) is 18.9 Å². The molecule has 0 N–H and O–H groups in total. The second-order valence-electron chi connectivity index (χ2n) is 8.23. The van der Waals surface area contributed by atoms with Crippen LogP contribution in [0.2, 0.25) is 0 Å². The summed E-state index contributed by atoms with van der Waals surface area (Å²) in [5, 5.41) is 11.8. The number of nitro benzene ring substituents is 1. The molecule has 2 aromatic rings. The smallest absolute Gasteiger partial charge is 0.293 e. The Hall–Kier alpha value is -2.78. The first-order valence-corrected chi connectivity index (χ1v) is 10.4. The number of hydrogen-bond donors (Lipinski definition) is 0. The largest absolute Gasteiger partial charge is 0.363 e. The zero-order chi connectivity index (χ0) is 21.3. The summed E-state index contributed by atoms with van der Waals surface area (Å²) in [6.07, 6.45) is 5.66. The van der Waals surface area contributed by atoms with E-state index in [4.69, 9.17) is 0 Å². The molecule has 0 bridgehead atoms. The highest BCUT2D eigenvalue weighted by atomic mass is 16.6. The van der Waals surface area contributed by atoms with Crippen molar-refractivity contribution in [2.24, 2.45) is 7.05 Å². The highest BCUT2D eigenvalue weighted by Crippen LogP contribution is 2.31. The molecule has 2 aliphatic rings. The molecule has 1 aromatic heterocycles. The number of anilines is 1. The summed E-state index contributed by atoms with van der Waals surface area (Å²) in [5.74, 6) is -0.0495. The summed E-state index contributed by atoms with van der Waals surface area (Å²) in [6.45, 7) is 5.52. The van der Waals surface area contributed by atoms with E-state index in [1.807, 2.05) is 0 Å². The van der Waals surface area contributed by atoms with Gasteiger partial charge in [-0.15, -0.1) is 0 Å². The van der Waals surface area contributed by atoms with E-state index in [1.54, 1.807) is 36.1 Å². The molecule has 4 rings (SSSR count). The van der Waals surface area contributed by atoms with Crippen molar-refractivity contribution in [2.75, 3.05) is 51.2 Å². The Morgan fingerprint density at radius 2 is 1.93 bits per heavy atom. The number of nitro groups is 1. The molecule has 1 aromatic carbocycles. The minimum Gasteiger partial charge on any atom is -0.363 e. The molecule has 0 spiro atoms. The van der Waals surface area contributed by atoms with Crippen LogP contribution in [0.25, 0.3) is 0 Å². The Balaban J connectivity index is 1.50. The van der Waals surface area contributed by atoms with Gasteiger partial charge in [-0.2, -0.15) is 0 Å². The van der Waals surface area contributed by atoms with E-state index in [-0.39, 0.29) is 22.9 Å². The number of carbonyl (C=O) groups is 1. The van der Waals surface area contributed by atoms with E-state index in [0.717, 1.165) is 39.3 Å². The average molecular weight is 412 g/mol. The van der Waals surface area contributed by atoms with E-state index < -0.39 is 4.92 Å². The Morgan fingerprint density at radius 1 is 1.17 bits per heavy atom. The van der Waals surface area contributed by atoms with Gasteiger partial charge < -0.3 is 14.4 Å². The predicted molar refractivity (Wildman–Crippen MR) is 114 cm³/mol. The first kappa shape index (κ1) is 20.5. The number of nitrogens with zero attached hydrogens (tertiary/aromatic N) is 6. The Kier molecular flexibility index (Phi) is 5.83. The third-order valence-electron chi connectivity index (χ3n) is 6.23. The number of rotatable bonds is 5. The molecule has 0 aliphatic carbocycles. The quantitative estimate of drug-likeness (QED) is 0.420. The van der Waals surface area contributed by atoms with Crippen LogP contribution in [0, 0.1) is 10.1 Å². The van der Waals surface area contributed by atoms with Crippen LogP contribution >= 0.6 is 0 Å². The number of likely N-dealkylation sites (tertiary alicyclic amines) is 1. The van der Waals surface area contributed by atoms with E-state index in [9.17, 15) is 14.9 Å². The molecule has 2 saturated heterocycles. The van der Waals surface area contributed by atoms with E-state index in [0.29, 0.717) is 11.7 Å². The maximum atomic E-state index is 12.7. The van der Waals surface area contributed by atoms with Crippen LogP contribution < -0.4 is 4.90 Å². The van der Waals surface area contributed by atoms with Crippen LogP contribution in [0.15, 0.2) is 30.6 Å². The number of aromatic nitrogens is 2. The topological polar surface area (TPSA) is 87.8 Å². The fraction of sp³-hybridized carbons (Fsp3) is 0.524. The third kappa shape index (κ3) is 4.08. The van der Waals surface area contributed by atoms with Gasteiger partial charge in [-0.1, -0.05) is 0 Å². The number of piperidine rings is 1. The number of ketones is 1. The van der Waals surface area contributed by atoms with Gasteiger partial charge in [0.2, 0.25) is 5.78 Å². The van der Waals surface area contributed by atoms with Gasteiger partial charge in [0.25, 0.3) is 5.69 Å². The van der Waals surface area contributed by atoms with Crippen molar-refractivity contribution in [1.29, 1.82) is 0 Å². The van der Waals surface area contributed by atoms with Crippen LogP contribution in [0.4, 0.5) is 11.4 Å². The number of likely N-dealkylation sites (N-methyl/N-ethyl adjacent to an activating group) is 1. The van der Waals surface area contributed by atoms with Gasteiger partial charge in [-0.05, 0) is 38.6 Å². The highest BCUT2D eigenvalue weighted by molar-refractivity contribution is 6.07. The van der Waals surface area contributed by atoms with Crippen LogP contribution in [0.5, 0.6) is 0 Å². The zero-order valence-electron chi connectivity index (χ0n) is 17.5. The second-order valence-corrected chi connectivity index (χ2v) is 8.23. The lowest BCUT2D eigenvalue weighted by Gasteiger charge is -2.43. The average Bonchev–Trinajstić information content (AvgIpc) is 3.18. The Labute approximate surface area is 176 Å². The molecule has 0 amide bonds. The van der Waals surface area contributed by atoms with Crippen LogP contribution in [-0.2, 0) is 7.05 Å². The lowest BCUT2D eigenvalue weighted by atomic mass is 10.0. The Bertz CT molecular complexity index is 935. The normalized spacial score (nSPS) is 21.0. The molecule has 30 heavy (non-hydrogen) atoms. The molecule has 160 valence electrons. The molecular formula is C21H28N6O3. The second kappa shape index (κ2) is 8.53. The SMILES string of the molecule is CN1CCCC(N2CCN(c3ccc(C(=O)c4nccn4C)cc3[N+](=O)[O-])CC2)C1. The van der Waals surface area contributed by atoms with Crippen LogP contribution in [0.3, 0.4) is 0 Å². The third-order valence-corrected chi connectivity index (χ3v) is 6.23. The molecule has 2 fully saturated rings. The van der Waals surface area contributed by atoms with Crippen molar-refractivity contribution in [1.82, 2.24) is 19.4 Å². The Morgan fingerprint density at radius 3 is 2.57 bits per heavy atom. The molecule has 9 heteroatoms. The van der Waals surface area contributed by atoms with Gasteiger partial charge in [-0.3, -0.25) is 19.8 Å². The standard InChI is InChI=1S/C21H28N6O3/c1-23-8-3-4-17(15-23)25-10-12-26(13-11-25)18-6-5-16(14-19(18)27(29)30)20(28)21-22-7-9-24(21)2/h5-7,9,14,17H,3-4,8,10-13,15H2,1-2H3. The number of carbonyl (C=O) groups excluding carboxylic acids is 1. The maximum absolute atomic E-state index is 12.7. The first-order chi connectivity index (χ1) is 14.4. The fourth-order valence-electron chi connectivity index (χ4n) is 4.56. The molecule has 1 unspecified atom stereocenters. The number of aryl methyl sites for hydroxylation is 1. The van der Waals surface area contributed by atoms with Crippen molar-refractivity contribution in [2.45, 2.75) is 18.9 Å². The number of benzene rings is 1. The minimum absolute atomic E-state index is 0.0269. The van der Waals surface area contributed by atoms with Crippen molar-refractivity contribution in [3.8, 4) is 0 Å². The van der Waals surface area contributed by atoms with Crippen LogP contribution in [-0.4, -0.2) is 82.4 Å². The lowest BCUT2D eigenvalue weighted by molar-refractivity contribution is -0.384. The van der Waals surface area contributed by atoms with Gasteiger partial charge in [0, 0.05) is 69.8 Å². The highest BCUT2D eigenvalue weighted by Gasteiger charge is 2.30. The zero-order valence-corrected chi connectivity index (χ0v) is 17.5. The minimum atomic E-state index is -0.396. The van der Waals surface area contributed by atoms with Gasteiger partial charge in [0.15, 0.2) is 5.82 Å². The van der Waals surface area contributed by atoms with Gasteiger partial charge in [0.05, 0.1) is 4.92 Å². The van der Waals surface area contributed by atoms with Crippen molar-refractivity contribution in [3.05, 3.63) is 52.1 Å². The molecule has 2 aliphatic heterocycles. The molecule has 3 heterocycles. The molecule has 0 saturated carbocycles. The lowest BCUT2D eigenvalue weighted by Crippen LogP contribution is -2.54. The molecular weight excluding hydrogens is 384 g/mol. The first-order valence-electron chi connectivity index (χ1n) is 10.4. The summed E-state index contributed by atoms with van der Waals surface area (Å²) in [4.78, 5) is 35.1. The summed E-state index contributed by atoms with van der Waals surface area (Å²) in [7, 11) is 3.89. The summed E-state index contributed by atoms with van der Waals surface area (Å²) < 4.78 is 1.62. The maximum Gasteiger partial charge on any atom is 0.293 e.